The number of allylic oxidation sites excluding steroid dienone is 1. The number of carboxylic acids is 1. The van der Waals surface area contributed by atoms with Crippen molar-refractivity contribution in [3.05, 3.63) is 11.1 Å². The molecule has 3 heteroatoms. The van der Waals surface area contributed by atoms with Crippen LogP contribution in [0.1, 0.15) is 65.2 Å². The smallest absolute Gasteiger partial charge is 0.309 e. The van der Waals surface area contributed by atoms with E-state index in [9.17, 15) is 9.90 Å². The van der Waals surface area contributed by atoms with Crippen LogP contribution in [0.15, 0.2) is 11.1 Å². The van der Waals surface area contributed by atoms with Gasteiger partial charge >= 0.3 is 5.97 Å². The zero-order valence-electron chi connectivity index (χ0n) is 11.5. The summed E-state index contributed by atoms with van der Waals surface area (Å²) in [5, 5.41) is 9.53. The van der Waals surface area contributed by atoms with Crippen molar-refractivity contribution >= 4 is 17.6 Å². The first-order valence-corrected chi connectivity index (χ1v) is 7.47. The predicted molar refractivity (Wildman–Crippen MR) is 75.8 cm³/mol. The Labute approximate surface area is 115 Å². The highest BCUT2D eigenvalue weighted by Crippen LogP contribution is 2.44. The summed E-state index contributed by atoms with van der Waals surface area (Å²) in [4.78, 5) is 11.6. The zero-order valence-corrected chi connectivity index (χ0v) is 12.3. The fraction of sp³-hybridized carbons (Fsp3) is 0.800. The number of hydrogen-bond acceptors (Lipinski definition) is 1. The Hall–Kier alpha value is -0.500. The fourth-order valence-electron chi connectivity index (χ4n) is 3.05. The van der Waals surface area contributed by atoms with Gasteiger partial charge in [-0.25, -0.2) is 0 Å². The monoisotopic (exact) mass is 272 g/mol. The molecule has 0 radical (unpaired) electrons. The largest absolute Gasteiger partial charge is 0.481 e. The molecule has 18 heavy (non-hydrogen) atoms. The molecule has 0 atom stereocenters. The van der Waals surface area contributed by atoms with Gasteiger partial charge in [-0.2, -0.15) is 0 Å². The molecular formula is C15H25ClO2. The van der Waals surface area contributed by atoms with Crippen LogP contribution in [0, 0.1) is 11.3 Å². The van der Waals surface area contributed by atoms with Gasteiger partial charge in [0.1, 0.15) is 0 Å². The van der Waals surface area contributed by atoms with E-state index in [2.05, 4.69) is 6.92 Å². The molecule has 1 aliphatic rings. The van der Waals surface area contributed by atoms with Crippen LogP contribution in [-0.2, 0) is 4.79 Å². The van der Waals surface area contributed by atoms with Crippen LogP contribution in [0.3, 0.4) is 0 Å². The molecule has 0 saturated heterocycles. The van der Waals surface area contributed by atoms with Gasteiger partial charge < -0.3 is 5.11 Å². The lowest BCUT2D eigenvalue weighted by Gasteiger charge is -2.37. The van der Waals surface area contributed by atoms with Crippen molar-refractivity contribution in [1.29, 1.82) is 0 Å². The van der Waals surface area contributed by atoms with E-state index < -0.39 is 11.4 Å². The SMILES string of the molecule is CCCCC1CCC(CC(C)=CCl)(C(=O)O)CC1. The molecule has 1 N–H and O–H groups in total. The third-order valence-corrected chi connectivity index (χ3v) is 4.66. The highest BCUT2D eigenvalue weighted by atomic mass is 35.5. The van der Waals surface area contributed by atoms with E-state index in [1.54, 1.807) is 0 Å². The summed E-state index contributed by atoms with van der Waals surface area (Å²) in [7, 11) is 0. The van der Waals surface area contributed by atoms with Crippen LogP contribution in [-0.4, -0.2) is 11.1 Å². The van der Waals surface area contributed by atoms with E-state index >= 15 is 0 Å². The Morgan fingerprint density at radius 1 is 1.44 bits per heavy atom. The molecule has 0 spiro atoms. The summed E-state index contributed by atoms with van der Waals surface area (Å²) >= 11 is 5.68. The Balaban J connectivity index is 2.60. The number of carbonyl (C=O) groups is 1. The average Bonchev–Trinajstić information content (AvgIpc) is 2.37. The first-order valence-electron chi connectivity index (χ1n) is 7.03. The van der Waals surface area contributed by atoms with Crippen molar-refractivity contribution < 1.29 is 9.90 Å². The minimum atomic E-state index is -0.644. The predicted octanol–water partition coefficient (Wildman–Crippen LogP) is 4.97. The summed E-state index contributed by atoms with van der Waals surface area (Å²) in [5.74, 6) is 0.0898. The zero-order chi connectivity index (χ0) is 13.6. The summed E-state index contributed by atoms with van der Waals surface area (Å²) in [6, 6.07) is 0. The van der Waals surface area contributed by atoms with Gasteiger partial charge in [0.05, 0.1) is 5.41 Å². The third-order valence-electron chi connectivity index (χ3n) is 4.29. The topological polar surface area (TPSA) is 37.3 Å². The normalized spacial score (nSPS) is 29.3. The lowest BCUT2D eigenvalue weighted by atomic mass is 9.67. The summed E-state index contributed by atoms with van der Waals surface area (Å²) in [5.41, 5.74) is 1.94. The van der Waals surface area contributed by atoms with Crippen LogP contribution in [0.2, 0.25) is 0 Å². The first-order chi connectivity index (χ1) is 8.54. The Bertz CT molecular complexity index is 302. The standard InChI is InChI=1S/C15H25ClO2/c1-3-4-5-13-6-8-15(9-7-13,14(17)18)10-12(2)11-16/h11,13H,3-10H2,1-2H3,(H,17,18). The van der Waals surface area contributed by atoms with Crippen LogP contribution in [0.4, 0.5) is 0 Å². The van der Waals surface area contributed by atoms with Crippen LogP contribution in [0.5, 0.6) is 0 Å². The number of rotatable bonds is 6. The van der Waals surface area contributed by atoms with Gasteiger partial charge in [0, 0.05) is 5.54 Å². The number of unbranched alkanes of at least 4 members (excludes halogenated alkanes) is 1. The van der Waals surface area contributed by atoms with Crippen molar-refractivity contribution in [2.75, 3.05) is 0 Å². The molecule has 0 bridgehead atoms. The number of halogens is 1. The quantitative estimate of drug-likeness (QED) is 0.741. The molecule has 0 aromatic heterocycles. The van der Waals surface area contributed by atoms with E-state index in [1.165, 1.54) is 24.8 Å². The molecule has 0 aliphatic heterocycles. The summed E-state index contributed by atoms with van der Waals surface area (Å²) < 4.78 is 0. The minimum absolute atomic E-state index is 0.557. The highest BCUT2D eigenvalue weighted by molar-refractivity contribution is 6.25. The minimum Gasteiger partial charge on any atom is -0.481 e. The Morgan fingerprint density at radius 2 is 2.06 bits per heavy atom. The lowest BCUT2D eigenvalue weighted by Crippen LogP contribution is -2.35. The third kappa shape index (κ3) is 4.01. The van der Waals surface area contributed by atoms with Gasteiger partial charge in [-0.05, 0) is 44.9 Å². The van der Waals surface area contributed by atoms with Crippen molar-refractivity contribution in [2.45, 2.75) is 65.2 Å². The Kier molecular flexibility index (Phi) is 6.20. The summed E-state index contributed by atoms with van der Waals surface area (Å²) in [6.07, 6.45) is 8.09. The number of hydrogen-bond donors (Lipinski definition) is 1. The van der Waals surface area contributed by atoms with E-state index in [1.807, 2.05) is 6.92 Å². The molecule has 0 aromatic carbocycles. The van der Waals surface area contributed by atoms with Gasteiger partial charge in [-0.1, -0.05) is 43.4 Å². The summed E-state index contributed by atoms with van der Waals surface area (Å²) in [6.45, 7) is 4.12. The lowest BCUT2D eigenvalue weighted by molar-refractivity contribution is -0.151. The van der Waals surface area contributed by atoms with Gasteiger partial charge in [0.2, 0.25) is 0 Å². The molecule has 1 saturated carbocycles. The van der Waals surface area contributed by atoms with Gasteiger partial charge in [0.25, 0.3) is 0 Å². The second kappa shape index (κ2) is 7.18. The highest BCUT2D eigenvalue weighted by Gasteiger charge is 2.41. The van der Waals surface area contributed by atoms with Crippen molar-refractivity contribution in [2.24, 2.45) is 11.3 Å². The Morgan fingerprint density at radius 3 is 2.50 bits per heavy atom. The maximum absolute atomic E-state index is 11.6. The maximum Gasteiger partial charge on any atom is 0.309 e. The van der Waals surface area contributed by atoms with Gasteiger partial charge in [-0.3, -0.25) is 4.79 Å². The van der Waals surface area contributed by atoms with Crippen LogP contribution < -0.4 is 0 Å². The molecule has 1 aliphatic carbocycles. The maximum atomic E-state index is 11.6. The molecule has 1 rings (SSSR count). The van der Waals surface area contributed by atoms with E-state index in [0.29, 0.717) is 6.42 Å². The van der Waals surface area contributed by atoms with E-state index in [0.717, 1.165) is 37.2 Å². The second-order valence-electron chi connectivity index (χ2n) is 5.80. The second-order valence-corrected chi connectivity index (χ2v) is 6.02. The number of carboxylic acid groups (broad SMARTS) is 1. The van der Waals surface area contributed by atoms with E-state index in [4.69, 9.17) is 11.6 Å². The van der Waals surface area contributed by atoms with Crippen LogP contribution >= 0.6 is 11.6 Å². The molecular weight excluding hydrogens is 248 g/mol. The van der Waals surface area contributed by atoms with E-state index in [-0.39, 0.29) is 0 Å². The fourth-order valence-corrected chi connectivity index (χ4v) is 3.13. The molecule has 0 unspecified atom stereocenters. The van der Waals surface area contributed by atoms with Gasteiger partial charge in [-0.15, -0.1) is 0 Å². The van der Waals surface area contributed by atoms with Crippen molar-refractivity contribution in [3.8, 4) is 0 Å². The molecule has 0 heterocycles. The van der Waals surface area contributed by atoms with Crippen LogP contribution in [0.25, 0.3) is 0 Å². The molecule has 0 amide bonds. The molecule has 0 aromatic rings. The first kappa shape index (κ1) is 15.6. The number of aliphatic carboxylic acids is 1. The molecule has 1 fully saturated rings. The molecule has 2 nitrogen and oxygen atoms in total. The van der Waals surface area contributed by atoms with Crippen molar-refractivity contribution in [1.82, 2.24) is 0 Å². The average molecular weight is 273 g/mol. The van der Waals surface area contributed by atoms with Gasteiger partial charge in [0.15, 0.2) is 0 Å². The van der Waals surface area contributed by atoms with Crippen molar-refractivity contribution in [3.63, 3.8) is 0 Å². The molecule has 104 valence electrons.